The molecule has 1 aromatic heterocycles. The number of carbonyl (C=O) groups is 1. The highest BCUT2D eigenvalue weighted by molar-refractivity contribution is 7.13. The van der Waals surface area contributed by atoms with Gasteiger partial charge >= 0.3 is 5.97 Å². The number of methoxy groups -OCH3 is 1. The summed E-state index contributed by atoms with van der Waals surface area (Å²) in [5, 5.41) is 9.45. The molecule has 2 heterocycles. The van der Waals surface area contributed by atoms with Crippen LogP contribution in [0.25, 0.3) is 18.2 Å². The summed E-state index contributed by atoms with van der Waals surface area (Å²) in [4.78, 5) is 15.6. The second kappa shape index (κ2) is 6.88. The van der Waals surface area contributed by atoms with Crippen molar-refractivity contribution in [2.75, 3.05) is 7.11 Å². The molecule has 2 aromatic rings. The largest absolute Gasteiger partial charge is 0.497 e. The van der Waals surface area contributed by atoms with Crippen LogP contribution in [0.3, 0.4) is 0 Å². The molecule has 0 saturated heterocycles. The van der Waals surface area contributed by atoms with Crippen molar-refractivity contribution >= 4 is 35.5 Å². The molecule has 0 spiro atoms. The maximum absolute atomic E-state index is 10.5. The molecular weight excluding hydrogens is 326 g/mol. The van der Waals surface area contributed by atoms with Gasteiger partial charge in [0.15, 0.2) is 0 Å². The van der Waals surface area contributed by atoms with E-state index in [2.05, 4.69) is 4.98 Å². The minimum absolute atomic E-state index is 0.159. The maximum atomic E-state index is 10.5. The summed E-state index contributed by atoms with van der Waals surface area (Å²) in [5.41, 5.74) is 2.09. The molecule has 1 atom stereocenters. The Labute approximate surface area is 143 Å². The molecule has 0 bridgehead atoms. The van der Waals surface area contributed by atoms with Crippen LogP contribution in [0.5, 0.6) is 11.5 Å². The monoisotopic (exact) mass is 343 g/mol. The van der Waals surface area contributed by atoms with Gasteiger partial charge in [-0.05, 0) is 37.3 Å². The van der Waals surface area contributed by atoms with Crippen LogP contribution in [-0.4, -0.2) is 29.3 Å². The minimum atomic E-state index is -0.973. The molecule has 0 saturated carbocycles. The van der Waals surface area contributed by atoms with E-state index in [1.165, 1.54) is 17.4 Å². The smallest absolute Gasteiger partial charge is 0.328 e. The van der Waals surface area contributed by atoms with Gasteiger partial charge in [0.25, 0.3) is 0 Å². The highest BCUT2D eigenvalue weighted by atomic mass is 32.1. The van der Waals surface area contributed by atoms with E-state index in [0.717, 1.165) is 45.0 Å². The van der Waals surface area contributed by atoms with Gasteiger partial charge in [-0.2, -0.15) is 0 Å². The Morgan fingerprint density at radius 3 is 3.00 bits per heavy atom. The fraction of sp³-hybridized carbons (Fsp3) is 0.222. The number of rotatable bonds is 5. The van der Waals surface area contributed by atoms with Crippen molar-refractivity contribution in [1.29, 1.82) is 0 Å². The molecule has 124 valence electrons. The van der Waals surface area contributed by atoms with E-state index in [-0.39, 0.29) is 6.10 Å². The standard InChI is InChI=1S/C18H17NO4S/c1-11-7-13-9-14(22-2)8-12(18(13)23-11)3-5-16-19-10-15(24-16)4-6-17(20)21/h3-6,8-11H,7H2,1-2H3,(H,20,21)/b5-3+,6-4+. The van der Waals surface area contributed by atoms with Crippen LogP contribution in [0.4, 0.5) is 0 Å². The summed E-state index contributed by atoms with van der Waals surface area (Å²) in [6.07, 6.45) is 9.16. The number of carboxylic acid groups (broad SMARTS) is 1. The predicted molar refractivity (Wildman–Crippen MR) is 94.5 cm³/mol. The zero-order valence-corrected chi connectivity index (χ0v) is 14.2. The van der Waals surface area contributed by atoms with E-state index < -0.39 is 5.97 Å². The third-order valence-electron chi connectivity index (χ3n) is 3.57. The summed E-state index contributed by atoms with van der Waals surface area (Å²) < 4.78 is 11.3. The first kappa shape index (κ1) is 16.3. The van der Waals surface area contributed by atoms with E-state index in [1.807, 2.05) is 31.2 Å². The number of hydrogen-bond acceptors (Lipinski definition) is 5. The van der Waals surface area contributed by atoms with E-state index >= 15 is 0 Å². The van der Waals surface area contributed by atoms with Crippen molar-refractivity contribution in [3.8, 4) is 11.5 Å². The maximum Gasteiger partial charge on any atom is 0.328 e. The Balaban J connectivity index is 1.85. The first-order valence-electron chi connectivity index (χ1n) is 7.47. The van der Waals surface area contributed by atoms with E-state index in [9.17, 15) is 4.79 Å². The van der Waals surface area contributed by atoms with Crippen LogP contribution in [0.15, 0.2) is 24.4 Å². The molecule has 5 nitrogen and oxygen atoms in total. The fourth-order valence-electron chi connectivity index (χ4n) is 2.54. The minimum Gasteiger partial charge on any atom is -0.497 e. The van der Waals surface area contributed by atoms with E-state index in [1.54, 1.807) is 13.3 Å². The highest BCUT2D eigenvalue weighted by Crippen LogP contribution is 2.37. The summed E-state index contributed by atoms with van der Waals surface area (Å²) in [5.74, 6) is 0.719. The van der Waals surface area contributed by atoms with Gasteiger partial charge in [-0.3, -0.25) is 0 Å². The molecule has 24 heavy (non-hydrogen) atoms. The average molecular weight is 343 g/mol. The Kier molecular flexibility index (Phi) is 4.66. The Morgan fingerprint density at radius 2 is 2.25 bits per heavy atom. The molecule has 3 rings (SSSR count). The van der Waals surface area contributed by atoms with Crippen molar-refractivity contribution in [1.82, 2.24) is 4.98 Å². The number of benzene rings is 1. The molecule has 0 amide bonds. The number of nitrogens with zero attached hydrogens (tertiary/aromatic N) is 1. The quantitative estimate of drug-likeness (QED) is 0.838. The normalized spacial score (nSPS) is 16.5. The lowest BCUT2D eigenvalue weighted by molar-refractivity contribution is -0.131. The molecule has 1 aliphatic heterocycles. The van der Waals surface area contributed by atoms with Crippen LogP contribution in [0, 0.1) is 0 Å². The van der Waals surface area contributed by atoms with E-state index in [4.69, 9.17) is 14.6 Å². The number of carboxylic acids is 1. The van der Waals surface area contributed by atoms with Gasteiger partial charge in [0.05, 0.1) is 7.11 Å². The Morgan fingerprint density at radius 1 is 1.42 bits per heavy atom. The first-order chi connectivity index (χ1) is 11.5. The lowest BCUT2D eigenvalue weighted by atomic mass is 10.1. The van der Waals surface area contributed by atoms with Crippen LogP contribution < -0.4 is 9.47 Å². The van der Waals surface area contributed by atoms with Gasteiger partial charge in [-0.15, -0.1) is 11.3 Å². The summed E-state index contributed by atoms with van der Waals surface area (Å²) in [7, 11) is 1.65. The molecule has 0 aliphatic carbocycles. The van der Waals surface area contributed by atoms with Gasteiger partial charge in [-0.25, -0.2) is 9.78 Å². The molecule has 1 aromatic carbocycles. The van der Waals surface area contributed by atoms with Crippen LogP contribution in [0.2, 0.25) is 0 Å². The third kappa shape index (κ3) is 3.65. The van der Waals surface area contributed by atoms with Gasteiger partial charge in [0.1, 0.15) is 22.6 Å². The van der Waals surface area contributed by atoms with Gasteiger partial charge in [0, 0.05) is 34.7 Å². The molecule has 1 aliphatic rings. The number of hydrogen-bond donors (Lipinski definition) is 1. The molecular formula is C18H17NO4S. The third-order valence-corrected chi connectivity index (χ3v) is 4.50. The van der Waals surface area contributed by atoms with Crippen LogP contribution in [-0.2, 0) is 11.2 Å². The summed E-state index contributed by atoms with van der Waals surface area (Å²) in [6, 6.07) is 3.95. The van der Waals surface area contributed by atoms with Crippen molar-refractivity contribution in [3.05, 3.63) is 45.4 Å². The first-order valence-corrected chi connectivity index (χ1v) is 8.29. The summed E-state index contributed by atoms with van der Waals surface area (Å²) >= 11 is 1.42. The highest BCUT2D eigenvalue weighted by Gasteiger charge is 2.22. The van der Waals surface area contributed by atoms with Crippen molar-refractivity contribution in [2.45, 2.75) is 19.4 Å². The number of thiazole rings is 1. The van der Waals surface area contributed by atoms with Gasteiger partial charge in [0.2, 0.25) is 0 Å². The molecule has 1 N–H and O–H groups in total. The predicted octanol–water partition coefficient (Wildman–Crippen LogP) is 3.74. The fourth-order valence-corrected chi connectivity index (χ4v) is 3.27. The van der Waals surface area contributed by atoms with Crippen LogP contribution >= 0.6 is 11.3 Å². The lowest BCUT2D eigenvalue weighted by Gasteiger charge is -2.08. The number of ether oxygens (including phenoxy) is 2. The zero-order chi connectivity index (χ0) is 17.1. The van der Waals surface area contributed by atoms with Crippen molar-refractivity contribution in [2.24, 2.45) is 0 Å². The number of aliphatic carboxylic acids is 1. The second-order valence-corrected chi connectivity index (χ2v) is 6.54. The molecule has 0 fully saturated rings. The van der Waals surface area contributed by atoms with Gasteiger partial charge < -0.3 is 14.6 Å². The van der Waals surface area contributed by atoms with E-state index in [0.29, 0.717) is 0 Å². The second-order valence-electron chi connectivity index (χ2n) is 5.44. The molecule has 1 unspecified atom stereocenters. The lowest BCUT2D eigenvalue weighted by Crippen LogP contribution is -2.05. The number of aromatic nitrogens is 1. The molecule has 6 heteroatoms. The van der Waals surface area contributed by atoms with Crippen molar-refractivity contribution < 1.29 is 19.4 Å². The Bertz CT molecular complexity index is 822. The van der Waals surface area contributed by atoms with Crippen LogP contribution in [0.1, 0.15) is 27.9 Å². The average Bonchev–Trinajstić information content (AvgIpc) is 3.15. The summed E-state index contributed by atoms with van der Waals surface area (Å²) in [6.45, 7) is 2.04. The SMILES string of the molecule is COc1cc(/C=C/c2ncc(/C=C/C(=O)O)s2)c2c(c1)CC(C)O2. The van der Waals surface area contributed by atoms with Crippen molar-refractivity contribution in [3.63, 3.8) is 0 Å². The molecule has 0 radical (unpaired) electrons. The van der Waals surface area contributed by atoms with Gasteiger partial charge in [-0.1, -0.05) is 0 Å². The number of fused-ring (bicyclic) bond motifs is 1. The topological polar surface area (TPSA) is 68.7 Å². The zero-order valence-electron chi connectivity index (χ0n) is 13.4. The Hall–Kier alpha value is -2.60.